The van der Waals surface area contributed by atoms with Crippen molar-refractivity contribution >= 4 is 19.3 Å². The summed E-state index contributed by atoms with van der Waals surface area (Å²) in [5, 5.41) is -0.205. The van der Waals surface area contributed by atoms with Gasteiger partial charge in [-0.2, -0.15) is 0 Å². The van der Waals surface area contributed by atoms with Crippen LogP contribution in [0.2, 0.25) is 19.6 Å². The molecule has 0 fully saturated rings. The molecule has 0 amide bonds. The molecule has 0 aliphatic carbocycles. The first kappa shape index (κ1) is 10.9. The summed E-state index contributed by atoms with van der Waals surface area (Å²) in [5.41, 5.74) is 0.500. The van der Waals surface area contributed by atoms with Crippen molar-refractivity contribution in [1.29, 1.82) is 0 Å². The molecule has 0 aliphatic rings. The van der Waals surface area contributed by atoms with Crippen molar-refractivity contribution in [3.63, 3.8) is 0 Å². The normalized spacial score (nSPS) is 11.1. The highest BCUT2D eigenvalue weighted by molar-refractivity contribution is 7.12. The highest BCUT2D eigenvalue weighted by Crippen LogP contribution is 2.08. The third-order valence-corrected chi connectivity index (χ3v) is 3.51. The first-order chi connectivity index (χ1) is 6.43. The number of benzene rings is 1. The maximum Gasteiger partial charge on any atom is 0.223 e. The van der Waals surface area contributed by atoms with Gasteiger partial charge >= 0.3 is 0 Å². The molecule has 14 heavy (non-hydrogen) atoms. The maximum absolute atomic E-state index is 11.7. The van der Waals surface area contributed by atoms with E-state index in [2.05, 4.69) is 0 Å². The van der Waals surface area contributed by atoms with Gasteiger partial charge in [0.1, 0.15) is 8.07 Å². The lowest BCUT2D eigenvalue weighted by Gasteiger charge is -2.12. The monoisotopic (exact) mass is 206 g/mol. The number of Topliss-reactive ketones (excluding diaryl/α,β-unsaturated/α-hetero) is 1. The second kappa shape index (κ2) is 3.88. The summed E-state index contributed by atoms with van der Waals surface area (Å²) in [4.78, 5) is 23.4. The maximum atomic E-state index is 11.7. The molecule has 0 aromatic heterocycles. The number of hydrogen-bond acceptors (Lipinski definition) is 2. The van der Waals surface area contributed by atoms with Crippen molar-refractivity contribution in [3.05, 3.63) is 35.9 Å². The number of rotatable bonds is 3. The van der Waals surface area contributed by atoms with Crippen LogP contribution in [0.4, 0.5) is 0 Å². The van der Waals surface area contributed by atoms with Gasteiger partial charge in [-0.05, 0) is 0 Å². The lowest BCUT2D eigenvalue weighted by Crippen LogP contribution is -2.39. The average Bonchev–Trinajstić information content (AvgIpc) is 2.15. The molecule has 0 bridgehead atoms. The number of carbonyl (C=O) groups is 2. The van der Waals surface area contributed by atoms with Crippen LogP contribution in [0.1, 0.15) is 10.4 Å². The van der Waals surface area contributed by atoms with Gasteiger partial charge in [0.15, 0.2) is 5.41 Å². The summed E-state index contributed by atoms with van der Waals surface area (Å²) in [6, 6.07) is 8.73. The van der Waals surface area contributed by atoms with E-state index in [1.807, 2.05) is 25.7 Å². The Kier molecular flexibility index (Phi) is 3.01. The molecule has 1 aromatic carbocycles. The van der Waals surface area contributed by atoms with Crippen LogP contribution in [0.5, 0.6) is 0 Å². The Morgan fingerprint density at radius 3 is 1.93 bits per heavy atom. The highest BCUT2D eigenvalue weighted by atomic mass is 28.3. The minimum Gasteiger partial charge on any atom is -0.296 e. The van der Waals surface area contributed by atoms with E-state index in [4.69, 9.17) is 0 Å². The molecule has 0 aliphatic heterocycles. The van der Waals surface area contributed by atoms with Crippen LogP contribution < -0.4 is 0 Å². The van der Waals surface area contributed by atoms with E-state index in [1.54, 1.807) is 24.3 Å². The van der Waals surface area contributed by atoms with Gasteiger partial charge in [0.05, 0.1) is 0 Å². The summed E-state index contributed by atoms with van der Waals surface area (Å²) in [6.45, 7) is 5.66. The van der Waals surface area contributed by atoms with Crippen molar-refractivity contribution in [3.8, 4) is 0 Å². The number of hydrogen-bond donors (Lipinski definition) is 0. The van der Waals surface area contributed by atoms with Crippen LogP contribution in [-0.4, -0.2) is 19.3 Å². The number of ketones is 1. The summed E-state index contributed by atoms with van der Waals surface area (Å²) in [7, 11) is -1.99. The van der Waals surface area contributed by atoms with Gasteiger partial charge in [-0.15, -0.1) is 0 Å². The predicted octanol–water partition coefficient (Wildman–Crippen LogP) is 2.32. The predicted molar refractivity (Wildman–Crippen MR) is 59.1 cm³/mol. The molecule has 2 nitrogen and oxygen atoms in total. The molecule has 3 heteroatoms. The Hall–Kier alpha value is -1.22. The van der Waals surface area contributed by atoms with Gasteiger partial charge in [0.2, 0.25) is 5.78 Å². The van der Waals surface area contributed by atoms with Gasteiger partial charge in [0.25, 0.3) is 0 Å². The smallest absolute Gasteiger partial charge is 0.223 e. The molecular weight excluding hydrogens is 192 g/mol. The second-order valence-corrected chi connectivity index (χ2v) is 9.23. The first-order valence-corrected chi connectivity index (χ1v) is 8.07. The van der Waals surface area contributed by atoms with Gasteiger partial charge in [-0.3, -0.25) is 9.59 Å². The largest absolute Gasteiger partial charge is 0.296 e. The quantitative estimate of drug-likeness (QED) is 0.432. The first-order valence-electron chi connectivity index (χ1n) is 4.57. The molecule has 1 aromatic rings. The Bertz CT molecular complexity index is 349. The average molecular weight is 206 g/mol. The summed E-state index contributed by atoms with van der Waals surface area (Å²) >= 11 is 0. The zero-order valence-corrected chi connectivity index (χ0v) is 9.70. The summed E-state index contributed by atoms with van der Waals surface area (Å²) in [5.74, 6) is -0.343. The topological polar surface area (TPSA) is 34.1 Å². The van der Waals surface area contributed by atoms with Crippen LogP contribution in [0.25, 0.3) is 0 Å². The molecule has 74 valence electrons. The van der Waals surface area contributed by atoms with Gasteiger partial charge in [0, 0.05) is 5.56 Å². The van der Waals surface area contributed by atoms with E-state index in [0.717, 1.165) is 0 Å². The van der Waals surface area contributed by atoms with Gasteiger partial charge < -0.3 is 0 Å². The molecular formula is C11H14O2Si. The molecule has 0 N–H and O–H groups in total. The van der Waals surface area contributed by atoms with Crippen LogP contribution in [0.3, 0.4) is 0 Å². The third kappa shape index (κ3) is 2.39. The van der Waals surface area contributed by atoms with E-state index in [0.29, 0.717) is 5.56 Å². The molecule has 0 radical (unpaired) electrons. The van der Waals surface area contributed by atoms with E-state index < -0.39 is 8.07 Å². The van der Waals surface area contributed by atoms with Crippen LogP contribution >= 0.6 is 0 Å². The van der Waals surface area contributed by atoms with E-state index in [9.17, 15) is 9.59 Å². The summed E-state index contributed by atoms with van der Waals surface area (Å²) in [6.07, 6.45) is 0. The molecule has 0 spiro atoms. The van der Waals surface area contributed by atoms with E-state index in [1.165, 1.54) is 0 Å². The Labute approximate surface area is 85.0 Å². The lowest BCUT2D eigenvalue weighted by atomic mass is 10.1. The second-order valence-electron chi connectivity index (χ2n) is 4.27. The minimum absolute atomic E-state index is 0.205. The van der Waals surface area contributed by atoms with Crippen LogP contribution in [-0.2, 0) is 4.79 Å². The van der Waals surface area contributed by atoms with Crippen molar-refractivity contribution < 1.29 is 9.59 Å². The van der Waals surface area contributed by atoms with Crippen molar-refractivity contribution in [1.82, 2.24) is 0 Å². The Balaban J connectivity index is 2.93. The van der Waals surface area contributed by atoms with Crippen LogP contribution in [0.15, 0.2) is 30.3 Å². The fourth-order valence-corrected chi connectivity index (χ4v) is 1.89. The highest BCUT2D eigenvalue weighted by Gasteiger charge is 2.30. The SMILES string of the molecule is C[Si](C)(C)C(=O)C(=O)c1ccccc1. The molecule has 1 rings (SSSR count). The fourth-order valence-electron chi connectivity index (χ4n) is 1.06. The van der Waals surface area contributed by atoms with E-state index >= 15 is 0 Å². The van der Waals surface area contributed by atoms with Gasteiger partial charge in [-0.25, -0.2) is 0 Å². The third-order valence-electron chi connectivity index (χ3n) is 1.92. The zero-order valence-electron chi connectivity index (χ0n) is 8.70. The van der Waals surface area contributed by atoms with Crippen molar-refractivity contribution in [2.75, 3.05) is 0 Å². The van der Waals surface area contributed by atoms with Gasteiger partial charge in [-0.1, -0.05) is 50.0 Å². The Morgan fingerprint density at radius 1 is 1.00 bits per heavy atom. The molecule has 0 saturated carbocycles. The lowest BCUT2D eigenvalue weighted by molar-refractivity contribution is -0.109. The molecule has 0 saturated heterocycles. The van der Waals surface area contributed by atoms with Crippen molar-refractivity contribution in [2.24, 2.45) is 0 Å². The standard InChI is InChI=1S/C11H14O2Si/c1-14(2,3)11(13)10(12)9-7-5-4-6-8-9/h4-8H,1-3H3. The summed E-state index contributed by atoms with van der Waals surface area (Å²) < 4.78 is 0. The molecule has 0 atom stereocenters. The number of carbonyl (C=O) groups excluding carboxylic acids is 2. The van der Waals surface area contributed by atoms with Crippen molar-refractivity contribution in [2.45, 2.75) is 19.6 Å². The zero-order chi connectivity index (χ0) is 10.8. The molecule has 0 unspecified atom stereocenters. The van der Waals surface area contributed by atoms with E-state index in [-0.39, 0.29) is 11.2 Å². The fraction of sp³-hybridized carbons (Fsp3) is 0.273. The minimum atomic E-state index is -1.99. The molecule has 0 heterocycles. The Morgan fingerprint density at radius 2 is 1.50 bits per heavy atom. The van der Waals surface area contributed by atoms with Crippen LogP contribution in [0, 0.1) is 0 Å².